The highest BCUT2D eigenvalue weighted by atomic mass is 16.2. The third-order valence-corrected chi connectivity index (χ3v) is 3.77. The van der Waals surface area contributed by atoms with Gasteiger partial charge in [0.25, 0.3) is 5.91 Å². The molecule has 0 bridgehead atoms. The average Bonchev–Trinajstić information content (AvgIpc) is 2.92. The summed E-state index contributed by atoms with van der Waals surface area (Å²) in [6.45, 7) is 4.05. The molecule has 0 saturated carbocycles. The Morgan fingerprint density at radius 3 is 3.00 bits per heavy atom. The van der Waals surface area contributed by atoms with E-state index in [-0.39, 0.29) is 11.9 Å². The first-order valence-electron chi connectivity index (χ1n) is 7.09. The fourth-order valence-electron chi connectivity index (χ4n) is 2.69. The summed E-state index contributed by atoms with van der Waals surface area (Å²) in [6, 6.07) is 5.47. The summed E-state index contributed by atoms with van der Waals surface area (Å²) in [6.07, 6.45) is 3.66. The zero-order valence-corrected chi connectivity index (χ0v) is 12.3. The number of imidazole rings is 1. The maximum Gasteiger partial charge on any atom is 0.273 e. The maximum atomic E-state index is 12.8. The third-order valence-electron chi connectivity index (χ3n) is 3.77. The molecule has 0 spiro atoms. The quantitative estimate of drug-likeness (QED) is 0.891. The molecule has 3 heterocycles. The Hall–Kier alpha value is -2.21. The monoisotopic (exact) mass is 285 g/mol. The molecule has 6 heteroatoms. The molecule has 2 aromatic heterocycles. The molecular weight excluding hydrogens is 266 g/mol. The van der Waals surface area contributed by atoms with Crippen LogP contribution in [0.4, 0.5) is 0 Å². The first-order chi connectivity index (χ1) is 10.2. The lowest BCUT2D eigenvalue weighted by atomic mass is 10.1. The predicted molar refractivity (Wildman–Crippen MR) is 78.8 cm³/mol. The second kappa shape index (κ2) is 5.65. The molecule has 21 heavy (non-hydrogen) atoms. The van der Waals surface area contributed by atoms with E-state index in [1.807, 2.05) is 41.8 Å². The van der Waals surface area contributed by atoms with E-state index in [1.54, 1.807) is 12.3 Å². The van der Waals surface area contributed by atoms with Gasteiger partial charge in [-0.1, -0.05) is 6.07 Å². The van der Waals surface area contributed by atoms with Crippen LogP contribution < -0.4 is 5.32 Å². The minimum Gasteiger partial charge on any atom is -0.336 e. The number of nitrogens with zero attached hydrogens (tertiary/aromatic N) is 4. The number of hydrogen-bond donors (Lipinski definition) is 1. The normalized spacial score (nSPS) is 18.8. The fraction of sp³-hybridized carbons (Fsp3) is 0.400. The van der Waals surface area contributed by atoms with E-state index in [4.69, 9.17) is 0 Å². The van der Waals surface area contributed by atoms with E-state index in [0.717, 1.165) is 18.1 Å². The Balaban J connectivity index is 1.91. The number of piperazine rings is 1. The highest BCUT2D eigenvalue weighted by Gasteiger charge is 2.31. The van der Waals surface area contributed by atoms with Crippen LogP contribution in [0.25, 0.3) is 0 Å². The van der Waals surface area contributed by atoms with Crippen LogP contribution in [0.2, 0.25) is 0 Å². The molecule has 0 radical (unpaired) electrons. The van der Waals surface area contributed by atoms with Gasteiger partial charge in [-0.05, 0) is 19.1 Å². The zero-order chi connectivity index (χ0) is 14.8. The molecule has 1 unspecified atom stereocenters. The SMILES string of the molecule is Cc1cccc(C(=O)N2CCNCC2c2nccn2C)n1. The number of carbonyl (C=O) groups excluding carboxylic acids is 1. The molecule has 1 aliphatic rings. The van der Waals surface area contributed by atoms with Gasteiger partial charge in [0, 0.05) is 44.8 Å². The Morgan fingerprint density at radius 1 is 1.43 bits per heavy atom. The van der Waals surface area contributed by atoms with Crippen molar-refractivity contribution in [1.82, 2.24) is 24.8 Å². The van der Waals surface area contributed by atoms with Crippen LogP contribution in [0, 0.1) is 6.92 Å². The number of pyridine rings is 1. The lowest BCUT2D eigenvalue weighted by Gasteiger charge is -2.35. The van der Waals surface area contributed by atoms with Gasteiger partial charge in [-0.25, -0.2) is 9.97 Å². The Morgan fingerprint density at radius 2 is 2.29 bits per heavy atom. The second-order valence-electron chi connectivity index (χ2n) is 5.28. The van der Waals surface area contributed by atoms with Crippen LogP contribution in [0.15, 0.2) is 30.6 Å². The third kappa shape index (κ3) is 2.67. The minimum absolute atomic E-state index is 0.0341. The van der Waals surface area contributed by atoms with Gasteiger partial charge in [0.15, 0.2) is 0 Å². The summed E-state index contributed by atoms with van der Waals surface area (Å²) in [4.78, 5) is 23.4. The molecular formula is C15H19N5O. The standard InChI is InChI=1S/C15H19N5O/c1-11-4-3-5-12(18-11)15(21)20-9-6-16-10-13(20)14-17-7-8-19(14)2/h3-5,7-8,13,16H,6,9-10H2,1-2H3. The Kier molecular flexibility index (Phi) is 3.70. The Labute approximate surface area is 123 Å². The molecule has 1 fully saturated rings. The number of rotatable bonds is 2. The lowest BCUT2D eigenvalue weighted by Crippen LogP contribution is -2.49. The van der Waals surface area contributed by atoms with Crippen molar-refractivity contribution in [3.63, 3.8) is 0 Å². The predicted octanol–water partition coefficient (Wildman–Crippen LogP) is 0.910. The molecule has 0 aromatic carbocycles. The summed E-state index contributed by atoms with van der Waals surface area (Å²) in [5.74, 6) is 0.858. The summed E-state index contributed by atoms with van der Waals surface area (Å²) in [5.41, 5.74) is 1.35. The minimum atomic E-state index is -0.0615. The molecule has 0 aliphatic carbocycles. The van der Waals surface area contributed by atoms with Gasteiger partial charge in [-0.15, -0.1) is 0 Å². The van der Waals surface area contributed by atoms with Crippen molar-refractivity contribution in [2.75, 3.05) is 19.6 Å². The van der Waals surface area contributed by atoms with Crippen LogP contribution in [0.3, 0.4) is 0 Å². The van der Waals surface area contributed by atoms with Crippen molar-refractivity contribution in [2.24, 2.45) is 7.05 Å². The largest absolute Gasteiger partial charge is 0.336 e. The summed E-state index contributed by atoms with van der Waals surface area (Å²) < 4.78 is 1.96. The van der Waals surface area contributed by atoms with Crippen molar-refractivity contribution in [2.45, 2.75) is 13.0 Å². The average molecular weight is 285 g/mol. The molecule has 2 aromatic rings. The first kappa shape index (κ1) is 13.8. The van der Waals surface area contributed by atoms with Crippen LogP contribution in [-0.4, -0.2) is 45.0 Å². The van der Waals surface area contributed by atoms with Gasteiger partial charge in [-0.3, -0.25) is 4.79 Å². The lowest BCUT2D eigenvalue weighted by molar-refractivity contribution is 0.0614. The van der Waals surface area contributed by atoms with Crippen LogP contribution in [-0.2, 0) is 7.05 Å². The molecule has 1 N–H and O–H groups in total. The van der Waals surface area contributed by atoms with Gasteiger partial charge < -0.3 is 14.8 Å². The topological polar surface area (TPSA) is 63.1 Å². The smallest absolute Gasteiger partial charge is 0.273 e. The maximum absolute atomic E-state index is 12.8. The zero-order valence-electron chi connectivity index (χ0n) is 12.3. The number of hydrogen-bond acceptors (Lipinski definition) is 4. The first-order valence-corrected chi connectivity index (χ1v) is 7.09. The highest BCUT2D eigenvalue weighted by Crippen LogP contribution is 2.22. The fourth-order valence-corrected chi connectivity index (χ4v) is 2.69. The molecule has 3 rings (SSSR count). The number of carbonyl (C=O) groups is 1. The van der Waals surface area contributed by atoms with Crippen molar-refractivity contribution in [1.29, 1.82) is 0 Å². The molecule has 6 nitrogen and oxygen atoms in total. The van der Waals surface area contributed by atoms with Crippen LogP contribution in [0.1, 0.15) is 28.0 Å². The van der Waals surface area contributed by atoms with E-state index in [1.165, 1.54) is 0 Å². The van der Waals surface area contributed by atoms with E-state index < -0.39 is 0 Å². The van der Waals surface area contributed by atoms with Gasteiger partial charge in [0.05, 0.1) is 0 Å². The van der Waals surface area contributed by atoms with Gasteiger partial charge in [-0.2, -0.15) is 0 Å². The van der Waals surface area contributed by atoms with Crippen molar-refractivity contribution < 1.29 is 4.79 Å². The summed E-state index contributed by atoms with van der Waals surface area (Å²) >= 11 is 0. The molecule has 1 aliphatic heterocycles. The van der Waals surface area contributed by atoms with Crippen LogP contribution in [0.5, 0.6) is 0 Å². The van der Waals surface area contributed by atoms with Crippen molar-refractivity contribution >= 4 is 5.91 Å². The van der Waals surface area contributed by atoms with E-state index >= 15 is 0 Å². The number of amides is 1. The van der Waals surface area contributed by atoms with E-state index in [0.29, 0.717) is 18.8 Å². The van der Waals surface area contributed by atoms with Crippen LogP contribution >= 0.6 is 0 Å². The highest BCUT2D eigenvalue weighted by molar-refractivity contribution is 5.92. The number of aromatic nitrogens is 3. The Bertz CT molecular complexity index is 651. The number of nitrogens with one attached hydrogen (secondary N) is 1. The molecule has 1 saturated heterocycles. The summed E-state index contributed by atoms with van der Waals surface area (Å²) in [5, 5.41) is 3.33. The second-order valence-corrected chi connectivity index (χ2v) is 5.28. The van der Waals surface area contributed by atoms with Crippen molar-refractivity contribution in [3.05, 3.63) is 47.8 Å². The van der Waals surface area contributed by atoms with Gasteiger partial charge >= 0.3 is 0 Å². The van der Waals surface area contributed by atoms with Crippen molar-refractivity contribution in [3.8, 4) is 0 Å². The van der Waals surface area contributed by atoms with Gasteiger partial charge in [0.2, 0.25) is 0 Å². The van der Waals surface area contributed by atoms with E-state index in [2.05, 4.69) is 15.3 Å². The van der Waals surface area contributed by atoms with E-state index in [9.17, 15) is 4.79 Å². The molecule has 1 amide bonds. The molecule has 1 atom stereocenters. The van der Waals surface area contributed by atoms with Gasteiger partial charge in [0.1, 0.15) is 17.6 Å². The number of aryl methyl sites for hydroxylation is 2. The summed E-state index contributed by atoms with van der Waals surface area (Å²) in [7, 11) is 1.95. The molecule has 110 valence electrons.